The SMILES string of the molecule is CCCCn1nnnc1-c1cc(N)ccc1Br. The minimum absolute atomic E-state index is 0.702. The summed E-state index contributed by atoms with van der Waals surface area (Å²) >= 11 is 3.49. The maximum Gasteiger partial charge on any atom is 0.183 e. The minimum Gasteiger partial charge on any atom is -0.399 e. The number of aryl methyl sites for hydroxylation is 1. The molecule has 0 unspecified atom stereocenters. The molecule has 1 heterocycles. The van der Waals surface area contributed by atoms with Gasteiger partial charge in [-0.15, -0.1) is 5.10 Å². The molecule has 17 heavy (non-hydrogen) atoms. The van der Waals surface area contributed by atoms with Crippen LogP contribution in [0.4, 0.5) is 5.69 Å². The van der Waals surface area contributed by atoms with Gasteiger partial charge in [-0.25, -0.2) is 4.68 Å². The van der Waals surface area contributed by atoms with Gasteiger partial charge in [0.25, 0.3) is 0 Å². The summed E-state index contributed by atoms with van der Waals surface area (Å²) in [6, 6.07) is 5.62. The van der Waals surface area contributed by atoms with Gasteiger partial charge in [0.15, 0.2) is 5.82 Å². The average molecular weight is 296 g/mol. The van der Waals surface area contributed by atoms with Crippen molar-refractivity contribution in [2.45, 2.75) is 26.3 Å². The van der Waals surface area contributed by atoms with Gasteiger partial charge in [-0.1, -0.05) is 29.3 Å². The van der Waals surface area contributed by atoms with Crippen LogP contribution < -0.4 is 5.73 Å². The number of anilines is 1. The van der Waals surface area contributed by atoms with Crippen LogP contribution in [0, 0.1) is 0 Å². The summed E-state index contributed by atoms with van der Waals surface area (Å²) in [5.74, 6) is 0.748. The number of unbranched alkanes of at least 4 members (excludes halogenated alkanes) is 1. The van der Waals surface area contributed by atoms with E-state index in [-0.39, 0.29) is 0 Å². The topological polar surface area (TPSA) is 69.6 Å². The first-order chi connectivity index (χ1) is 8.22. The van der Waals surface area contributed by atoms with Gasteiger partial charge in [0, 0.05) is 22.3 Å². The number of rotatable bonds is 4. The quantitative estimate of drug-likeness (QED) is 0.880. The fourth-order valence-corrected chi connectivity index (χ4v) is 1.99. The third-order valence-electron chi connectivity index (χ3n) is 2.49. The zero-order chi connectivity index (χ0) is 12.3. The summed E-state index contributed by atoms with van der Waals surface area (Å²) in [4.78, 5) is 0. The first-order valence-electron chi connectivity index (χ1n) is 5.54. The van der Waals surface area contributed by atoms with Crippen LogP contribution in [-0.4, -0.2) is 20.2 Å². The van der Waals surface area contributed by atoms with Crippen LogP contribution >= 0.6 is 15.9 Å². The normalized spacial score (nSPS) is 10.7. The lowest BCUT2D eigenvalue weighted by Gasteiger charge is -2.06. The Bertz CT molecular complexity index is 508. The first kappa shape index (κ1) is 12.0. The predicted octanol–water partition coefficient (Wildman–Crippen LogP) is 2.48. The number of tetrazole rings is 1. The summed E-state index contributed by atoms with van der Waals surface area (Å²) in [5.41, 5.74) is 7.41. The Morgan fingerprint density at radius 1 is 1.41 bits per heavy atom. The molecule has 2 aromatic rings. The summed E-state index contributed by atoms with van der Waals surface area (Å²) in [7, 11) is 0. The molecule has 1 aromatic carbocycles. The van der Waals surface area contributed by atoms with Crippen LogP contribution in [0.5, 0.6) is 0 Å². The van der Waals surface area contributed by atoms with Crippen molar-refractivity contribution in [3.63, 3.8) is 0 Å². The van der Waals surface area contributed by atoms with Crippen LogP contribution in [0.15, 0.2) is 22.7 Å². The highest BCUT2D eigenvalue weighted by Gasteiger charge is 2.12. The Morgan fingerprint density at radius 3 is 3.00 bits per heavy atom. The maximum atomic E-state index is 5.79. The fraction of sp³-hybridized carbons (Fsp3) is 0.364. The molecule has 0 spiro atoms. The molecule has 0 aliphatic carbocycles. The van der Waals surface area contributed by atoms with Crippen LogP contribution in [-0.2, 0) is 6.54 Å². The largest absolute Gasteiger partial charge is 0.399 e. The Morgan fingerprint density at radius 2 is 2.24 bits per heavy atom. The summed E-state index contributed by atoms with van der Waals surface area (Å²) in [6.45, 7) is 2.96. The number of nitrogens with zero attached hydrogens (tertiary/aromatic N) is 4. The van der Waals surface area contributed by atoms with E-state index in [0.29, 0.717) is 5.69 Å². The number of nitrogen functional groups attached to an aromatic ring is 1. The molecule has 0 fully saturated rings. The second kappa shape index (κ2) is 5.27. The smallest absolute Gasteiger partial charge is 0.183 e. The minimum atomic E-state index is 0.702. The Balaban J connectivity index is 2.38. The lowest BCUT2D eigenvalue weighted by atomic mass is 10.2. The molecule has 0 bridgehead atoms. The lowest BCUT2D eigenvalue weighted by Crippen LogP contribution is -2.03. The van der Waals surface area contributed by atoms with Crippen molar-refractivity contribution in [3.05, 3.63) is 22.7 Å². The molecule has 0 aliphatic rings. The highest BCUT2D eigenvalue weighted by atomic mass is 79.9. The monoisotopic (exact) mass is 295 g/mol. The third-order valence-corrected chi connectivity index (χ3v) is 3.18. The highest BCUT2D eigenvalue weighted by molar-refractivity contribution is 9.10. The van der Waals surface area contributed by atoms with E-state index in [9.17, 15) is 0 Å². The average Bonchev–Trinajstić information content (AvgIpc) is 2.77. The van der Waals surface area contributed by atoms with E-state index >= 15 is 0 Å². The molecule has 2 rings (SSSR count). The Labute approximate surface area is 108 Å². The number of aromatic nitrogens is 4. The number of benzene rings is 1. The van der Waals surface area contributed by atoms with Crippen molar-refractivity contribution in [2.24, 2.45) is 0 Å². The molecule has 0 radical (unpaired) electrons. The Kier molecular flexibility index (Phi) is 3.73. The second-order valence-corrected chi connectivity index (χ2v) is 4.67. The molecule has 5 nitrogen and oxygen atoms in total. The lowest BCUT2D eigenvalue weighted by molar-refractivity contribution is 0.557. The summed E-state index contributed by atoms with van der Waals surface area (Å²) in [6.07, 6.45) is 2.16. The van der Waals surface area contributed by atoms with Crippen molar-refractivity contribution in [1.29, 1.82) is 0 Å². The van der Waals surface area contributed by atoms with Crippen LogP contribution in [0.1, 0.15) is 19.8 Å². The van der Waals surface area contributed by atoms with E-state index in [1.54, 1.807) is 0 Å². The molecule has 6 heteroatoms. The number of hydrogen-bond donors (Lipinski definition) is 1. The van der Waals surface area contributed by atoms with Crippen LogP contribution in [0.3, 0.4) is 0 Å². The standard InChI is InChI=1S/C11H14BrN5/c1-2-3-6-17-11(14-15-16-17)9-7-8(13)4-5-10(9)12/h4-5,7H,2-3,6,13H2,1H3. The molecule has 0 aliphatic heterocycles. The maximum absolute atomic E-state index is 5.79. The van der Waals surface area contributed by atoms with Crippen LogP contribution in [0.2, 0.25) is 0 Å². The number of hydrogen-bond acceptors (Lipinski definition) is 4. The molecular formula is C11H14BrN5. The van der Waals surface area contributed by atoms with Gasteiger partial charge in [-0.3, -0.25) is 0 Å². The zero-order valence-corrected chi connectivity index (χ0v) is 11.2. The zero-order valence-electron chi connectivity index (χ0n) is 9.60. The Hall–Kier alpha value is -1.43. The molecule has 1 aromatic heterocycles. The van der Waals surface area contributed by atoms with Gasteiger partial charge in [-0.05, 0) is 35.0 Å². The molecule has 0 atom stereocenters. The van der Waals surface area contributed by atoms with Gasteiger partial charge < -0.3 is 5.73 Å². The molecule has 2 N–H and O–H groups in total. The third kappa shape index (κ3) is 2.63. The molecular weight excluding hydrogens is 282 g/mol. The van der Waals surface area contributed by atoms with Crippen LogP contribution in [0.25, 0.3) is 11.4 Å². The summed E-state index contributed by atoms with van der Waals surface area (Å²) in [5, 5.41) is 11.8. The fourth-order valence-electron chi connectivity index (χ4n) is 1.57. The van der Waals surface area contributed by atoms with E-state index in [2.05, 4.69) is 38.4 Å². The van der Waals surface area contributed by atoms with Crippen molar-refractivity contribution in [3.8, 4) is 11.4 Å². The second-order valence-electron chi connectivity index (χ2n) is 3.82. The van der Waals surface area contributed by atoms with E-state index in [1.165, 1.54) is 0 Å². The van der Waals surface area contributed by atoms with E-state index < -0.39 is 0 Å². The van der Waals surface area contributed by atoms with Crippen molar-refractivity contribution in [2.75, 3.05) is 5.73 Å². The van der Waals surface area contributed by atoms with Gasteiger partial charge >= 0.3 is 0 Å². The number of nitrogens with two attached hydrogens (primary N) is 1. The van der Waals surface area contributed by atoms with Gasteiger partial charge in [0.1, 0.15) is 0 Å². The molecule has 0 amide bonds. The predicted molar refractivity (Wildman–Crippen MR) is 70.3 cm³/mol. The van der Waals surface area contributed by atoms with E-state index in [1.807, 2.05) is 22.9 Å². The van der Waals surface area contributed by atoms with E-state index in [4.69, 9.17) is 5.73 Å². The first-order valence-corrected chi connectivity index (χ1v) is 6.33. The van der Waals surface area contributed by atoms with Crippen molar-refractivity contribution >= 4 is 21.6 Å². The van der Waals surface area contributed by atoms with E-state index in [0.717, 1.165) is 35.2 Å². The number of halogens is 1. The van der Waals surface area contributed by atoms with Crippen molar-refractivity contribution < 1.29 is 0 Å². The highest BCUT2D eigenvalue weighted by Crippen LogP contribution is 2.28. The molecule has 0 saturated carbocycles. The molecule has 90 valence electrons. The van der Waals surface area contributed by atoms with Gasteiger partial charge in [-0.2, -0.15) is 0 Å². The molecule has 0 saturated heterocycles. The summed E-state index contributed by atoms with van der Waals surface area (Å²) < 4.78 is 2.75. The van der Waals surface area contributed by atoms with Crippen molar-refractivity contribution in [1.82, 2.24) is 20.2 Å². The van der Waals surface area contributed by atoms with Gasteiger partial charge in [0.05, 0.1) is 0 Å². The van der Waals surface area contributed by atoms with Gasteiger partial charge in [0.2, 0.25) is 0 Å².